The number of hydrogen-bond acceptors (Lipinski definition) is 1. The van der Waals surface area contributed by atoms with Crippen LogP contribution in [0.5, 0.6) is 0 Å². The summed E-state index contributed by atoms with van der Waals surface area (Å²) in [5.74, 6) is 0.178. The smallest absolute Gasteiger partial charge is 0.186 e. The lowest BCUT2D eigenvalue weighted by atomic mass is 9.82. The maximum Gasteiger partial charge on any atom is 0.186 e. The molecule has 0 N–H and O–H groups in total. The summed E-state index contributed by atoms with van der Waals surface area (Å²) in [7, 11) is 0. The molecule has 0 heterocycles. The third kappa shape index (κ3) is 2.40. The molecule has 0 aliphatic heterocycles. The predicted molar refractivity (Wildman–Crippen MR) is 93.5 cm³/mol. The Hall–Kier alpha value is -2.93. The Morgan fingerprint density at radius 3 is 1.61 bits per heavy atom. The van der Waals surface area contributed by atoms with E-state index < -0.39 is 0 Å². The van der Waals surface area contributed by atoms with Crippen molar-refractivity contribution in [3.05, 3.63) is 113 Å². The first kappa shape index (κ1) is 13.7. The topological polar surface area (TPSA) is 17.1 Å². The van der Waals surface area contributed by atoms with Gasteiger partial charge >= 0.3 is 0 Å². The molecule has 1 aliphatic rings. The molecule has 0 radical (unpaired) electrons. The van der Waals surface area contributed by atoms with E-state index >= 15 is 0 Å². The summed E-state index contributed by atoms with van der Waals surface area (Å²) in [6, 6.07) is 28.6. The summed E-state index contributed by atoms with van der Waals surface area (Å²) in [6.45, 7) is 0. The highest BCUT2D eigenvalue weighted by Crippen LogP contribution is 2.42. The van der Waals surface area contributed by atoms with Gasteiger partial charge in [-0.25, -0.2) is 0 Å². The lowest BCUT2D eigenvalue weighted by molar-refractivity contribution is 0.105. The van der Waals surface area contributed by atoms with E-state index in [0.717, 1.165) is 16.7 Å². The summed E-state index contributed by atoms with van der Waals surface area (Å²) in [6.07, 6.45) is 1.80. The van der Waals surface area contributed by atoms with Crippen LogP contribution in [0.2, 0.25) is 0 Å². The van der Waals surface area contributed by atoms with E-state index in [0.29, 0.717) is 0 Å². The quantitative estimate of drug-likeness (QED) is 0.657. The minimum atomic E-state index is 0.0741. The number of ketones is 1. The summed E-state index contributed by atoms with van der Waals surface area (Å²) < 4.78 is 0. The van der Waals surface area contributed by atoms with Crippen LogP contribution in [0.15, 0.2) is 91.0 Å². The zero-order chi connectivity index (χ0) is 15.6. The maximum absolute atomic E-state index is 12.4. The highest BCUT2D eigenvalue weighted by molar-refractivity contribution is 6.17. The van der Waals surface area contributed by atoms with E-state index in [1.165, 1.54) is 11.1 Å². The first-order valence-electron chi connectivity index (χ1n) is 7.80. The minimum Gasteiger partial charge on any atom is -0.289 e. The minimum absolute atomic E-state index is 0.0741. The monoisotopic (exact) mass is 296 g/mol. The Balaban J connectivity index is 1.91. The van der Waals surface area contributed by atoms with Crippen LogP contribution in [0, 0.1) is 0 Å². The zero-order valence-corrected chi connectivity index (χ0v) is 12.6. The van der Waals surface area contributed by atoms with E-state index in [2.05, 4.69) is 48.5 Å². The van der Waals surface area contributed by atoms with Crippen LogP contribution in [0.1, 0.15) is 33.0 Å². The van der Waals surface area contributed by atoms with Crippen molar-refractivity contribution in [3.63, 3.8) is 0 Å². The van der Waals surface area contributed by atoms with Gasteiger partial charge in [-0.2, -0.15) is 0 Å². The van der Waals surface area contributed by atoms with Gasteiger partial charge in [0.15, 0.2) is 5.78 Å². The maximum atomic E-state index is 12.4. The van der Waals surface area contributed by atoms with E-state index in [4.69, 9.17) is 0 Å². The molecule has 0 unspecified atom stereocenters. The van der Waals surface area contributed by atoms with Crippen LogP contribution in [-0.2, 0) is 0 Å². The standard InChI is InChI=1S/C22H16O/c23-21-15-20(18-13-7-8-14-19(18)21)22(16-9-3-1-4-10-16)17-11-5-2-6-12-17/h1-15,22H. The van der Waals surface area contributed by atoms with Crippen molar-refractivity contribution in [3.8, 4) is 0 Å². The van der Waals surface area contributed by atoms with Crippen molar-refractivity contribution in [2.45, 2.75) is 5.92 Å². The molecule has 0 aromatic heterocycles. The second kappa shape index (κ2) is 5.69. The Morgan fingerprint density at radius 2 is 1.04 bits per heavy atom. The van der Waals surface area contributed by atoms with E-state index in [9.17, 15) is 4.79 Å². The van der Waals surface area contributed by atoms with Crippen molar-refractivity contribution in [1.82, 2.24) is 0 Å². The first-order chi connectivity index (χ1) is 11.3. The van der Waals surface area contributed by atoms with Gasteiger partial charge in [0.2, 0.25) is 0 Å². The molecular formula is C22H16O. The molecule has 0 saturated heterocycles. The Kier molecular flexibility index (Phi) is 3.39. The lowest BCUT2D eigenvalue weighted by Gasteiger charge is -2.20. The van der Waals surface area contributed by atoms with Crippen molar-refractivity contribution in [2.24, 2.45) is 0 Å². The molecule has 3 aromatic carbocycles. The fraction of sp³-hybridized carbons (Fsp3) is 0.0455. The van der Waals surface area contributed by atoms with Gasteiger partial charge in [-0.15, -0.1) is 0 Å². The summed E-state index contributed by atoms with van der Waals surface area (Å²) in [5.41, 5.74) is 5.35. The number of fused-ring (bicyclic) bond motifs is 1. The van der Waals surface area contributed by atoms with Gasteiger partial charge in [-0.05, 0) is 28.3 Å². The molecule has 1 aliphatic carbocycles. The van der Waals surface area contributed by atoms with Crippen molar-refractivity contribution >= 4 is 11.4 Å². The predicted octanol–water partition coefficient (Wildman–Crippen LogP) is 5.10. The molecule has 0 saturated carbocycles. The number of allylic oxidation sites excluding steroid dienone is 2. The van der Waals surface area contributed by atoms with E-state index in [1.54, 1.807) is 6.08 Å². The molecule has 1 nitrogen and oxygen atoms in total. The lowest BCUT2D eigenvalue weighted by Crippen LogP contribution is -2.03. The highest BCUT2D eigenvalue weighted by Gasteiger charge is 2.28. The van der Waals surface area contributed by atoms with E-state index in [1.807, 2.05) is 36.4 Å². The average molecular weight is 296 g/mol. The fourth-order valence-electron chi connectivity index (χ4n) is 3.33. The third-order valence-electron chi connectivity index (χ3n) is 4.37. The molecule has 0 atom stereocenters. The van der Waals surface area contributed by atoms with Gasteiger partial charge in [0.1, 0.15) is 0 Å². The van der Waals surface area contributed by atoms with Crippen molar-refractivity contribution < 1.29 is 4.79 Å². The van der Waals surface area contributed by atoms with Gasteiger partial charge in [-0.1, -0.05) is 84.9 Å². The summed E-state index contributed by atoms with van der Waals surface area (Å²) in [4.78, 5) is 12.4. The molecule has 0 spiro atoms. The number of carbonyl (C=O) groups is 1. The van der Waals surface area contributed by atoms with E-state index in [-0.39, 0.29) is 11.7 Å². The van der Waals surface area contributed by atoms with Crippen molar-refractivity contribution in [1.29, 1.82) is 0 Å². The number of hydrogen-bond donors (Lipinski definition) is 0. The molecule has 4 rings (SSSR count). The molecule has 0 bridgehead atoms. The Morgan fingerprint density at radius 1 is 0.565 bits per heavy atom. The van der Waals surface area contributed by atoms with Crippen LogP contribution in [0.3, 0.4) is 0 Å². The molecule has 110 valence electrons. The van der Waals surface area contributed by atoms with Gasteiger partial charge in [0.25, 0.3) is 0 Å². The van der Waals surface area contributed by atoms with Crippen LogP contribution >= 0.6 is 0 Å². The number of rotatable bonds is 3. The van der Waals surface area contributed by atoms with Gasteiger partial charge in [0, 0.05) is 11.5 Å². The fourth-order valence-corrected chi connectivity index (χ4v) is 3.33. The number of benzene rings is 3. The normalized spacial score (nSPS) is 13.1. The average Bonchev–Trinajstić information content (AvgIpc) is 2.94. The van der Waals surface area contributed by atoms with Crippen molar-refractivity contribution in [2.75, 3.05) is 0 Å². The molecule has 0 amide bonds. The summed E-state index contributed by atoms with van der Waals surface area (Å²) in [5, 5.41) is 0. The van der Waals surface area contributed by atoms with Crippen LogP contribution < -0.4 is 0 Å². The van der Waals surface area contributed by atoms with Gasteiger partial charge < -0.3 is 0 Å². The summed E-state index contributed by atoms with van der Waals surface area (Å²) >= 11 is 0. The van der Waals surface area contributed by atoms with Gasteiger partial charge in [-0.3, -0.25) is 4.79 Å². The van der Waals surface area contributed by atoms with Crippen LogP contribution in [0.4, 0.5) is 0 Å². The molecular weight excluding hydrogens is 280 g/mol. The first-order valence-corrected chi connectivity index (χ1v) is 7.80. The third-order valence-corrected chi connectivity index (χ3v) is 4.37. The van der Waals surface area contributed by atoms with Crippen LogP contribution in [0.25, 0.3) is 5.57 Å². The SMILES string of the molecule is O=C1C=C(C(c2ccccc2)c2ccccc2)c2ccccc21. The Labute approximate surface area is 135 Å². The second-order valence-corrected chi connectivity index (χ2v) is 5.76. The molecule has 1 heteroatoms. The number of carbonyl (C=O) groups excluding carboxylic acids is 1. The second-order valence-electron chi connectivity index (χ2n) is 5.76. The Bertz CT molecular complexity index is 837. The zero-order valence-electron chi connectivity index (χ0n) is 12.6. The van der Waals surface area contributed by atoms with Gasteiger partial charge in [0.05, 0.1) is 0 Å². The molecule has 3 aromatic rings. The van der Waals surface area contributed by atoms with Crippen LogP contribution in [-0.4, -0.2) is 5.78 Å². The highest BCUT2D eigenvalue weighted by atomic mass is 16.1. The molecule has 0 fully saturated rings. The molecule has 23 heavy (non-hydrogen) atoms. The largest absolute Gasteiger partial charge is 0.289 e.